The van der Waals surface area contributed by atoms with Gasteiger partial charge in [-0.1, -0.05) is 23.9 Å². The number of carbonyl (C=O) groups is 2. The third-order valence-electron chi connectivity index (χ3n) is 5.77. The van der Waals surface area contributed by atoms with Gasteiger partial charge in [0.25, 0.3) is 5.56 Å². The van der Waals surface area contributed by atoms with Crippen molar-refractivity contribution in [1.29, 1.82) is 0 Å². The summed E-state index contributed by atoms with van der Waals surface area (Å²) in [5.74, 6) is -0.557. The van der Waals surface area contributed by atoms with Gasteiger partial charge in [-0.15, -0.1) is 0 Å². The molecule has 3 heterocycles. The minimum absolute atomic E-state index is 0.0406. The van der Waals surface area contributed by atoms with E-state index in [1.807, 2.05) is 12.1 Å². The Hall–Kier alpha value is -2.91. The molecule has 0 spiro atoms. The van der Waals surface area contributed by atoms with Gasteiger partial charge in [0.15, 0.2) is 10.9 Å². The number of aryl methyl sites for hydroxylation is 1. The second-order valence-corrected chi connectivity index (χ2v) is 8.96. The molecule has 1 N–H and O–H groups in total. The van der Waals surface area contributed by atoms with E-state index in [1.165, 1.54) is 11.8 Å². The molecule has 0 bridgehead atoms. The van der Waals surface area contributed by atoms with Gasteiger partial charge in [0, 0.05) is 12.3 Å². The van der Waals surface area contributed by atoms with Crippen LogP contribution in [0.3, 0.4) is 0 Å². The van der Waals surface area contributed by atoms with E-state index in [-0.39, 0.29) is 29.8 Å². The van der Waals surface area contributed by atoms with Crippen molar-refractivity contribution in [2.24, 2.45) is 0 Å². The summed E-state index contributed by atoms with van der Waals surface area (Å²) < 4.78 is 12.5. The number of carbonyl (C=O) groups excluding carboxylic acids is 2. The van der Waals surface area contributed by atoms with Crippen LogP contribution in [0.5, 0.6) is 0 Å². The lowest BCUT2D eigenvalue weighted by Gasteiger charge is -2.16. The van der Waals surface area contributed by atoms with E-state index in [0.29, 0.717) is 51.7 Å². The Kier molecular flexibility index (Phi) is 6.99. The number of ether oxygens (including phenoxy) is 2. The molecule has 0 aliphatic carbocycles. The molecule has 1 unspecified atom stereocenters. The molecule has 8 nitrogen and oxygen atoms in total. The quantitative estimate of drug-likeness (QED) is 0.232. The van der Waals surface area contributed by atoms with Gasteiger partial charge < -0.3 is 14.5 Å². The highest BCUT2D eigenvalue weighted by Crippen LogP contribution is 2.24. The van der Waals surface area contributed by atoms with Crippen molar-refractivity contribution in [3.63, 3.8) is 0 Å². The third-order valence-corrected chi connectivity index (χ3v) is 6.74. The molecule has 1 aliphatic heterocycles. The highest BCUT2D eigenvalue weighted by molar-refractivity contribution is 7.99. The zero-order valence-electron chi connectivity index (χ0n) is 19.0. The minimum atomic E-state index is -0.447. The summed E-state index contributed by atoms with van der Waals surface area (Å²) in [4.78, 5) is 46.2. The predicted molar refractivity (Wildman–Crippen MR) is 126 cm³/mol. The van der Waals surface area contributed by atoms with Crippen molar-refractivity contribution in [3.05, 3.63) is 57.1 Å². The molecule has 3 aromatic rings. The lowest BCUT2D eigenvalue weighted by molar-refractivity contribution is 0.0525. The Morgan fingerprint density at radius 3 is 2.82 bits per heavy atom. The summed E-state index contributed by atoms with van der Waals surface area (Å²) in [7, 11) is 0. The monoisotopic (exact) mass is 469 g/mol. The summed E-state index contributed by atoms with van der Waals surface area (Å²) >= 11 is 1.22. The van der Waals surface area contributed by atoms with E-state index in [0.717, 1.165) is 12.8 Å². The minimum Gasteiger partial charge on any atom is -0.462 e. The molecule has 4 rings (SSSR count). The van der Waals surface area contributed by atoms with Crippen LogP contribution in [0.4, 0.5) is 0 Å². The second kappa shape index (κ2) is 9.93. The highest BCUT2D eigenvalue weighted by atomic mass is 32.2. The molecule has 1 atom stereocenters. The van der Waals surface area contributed by atoms with Gasteiger partial charge in [0.2, 0.25) is 0 Å². The molecule has 0 amide bonds. The number of Topliss-reactive ketones (excluding diaryl/α,β-unsaturated/α-hetero) is 1. The van der Waals surface area contributed by atoms with Gasteiger partial charge >= 0.3 is 5.97 Å². The Bertz CT molecular complexity index is 1260. The Balaban J connectivity index is 1.61. The van der Waals surface area contributed by atoms with Crippen LogP contribution in [-0.2, 0) is 16.0 Å². The number of aromatic amines is 1. The largest absolute Gasteiger partial charge is 0.462 e. The SMILES string of the molecule is CCOC(=O)c1c(C)[nH]c(C(=O)CSc2nc3ccccc3c(=O)n2CC2CCCO2)c1C. The van der Waals surface area contributed by atoms with Crippen LogP contribution in [0.25, 0.3) is 10.9 Å². The van der Waals surface area contributed by atoms with Gasteiger partial charge in [0.05, 0.1) is 47.2 Å². The van der Waals surface area contributed by atoms with Gasteiger partial charge in [-0.25, -0.2) is 9.78 Å². The molecule has 174 valence electrons. The number of esters is 1. The number of fused-ring (bicyclic) bond motifs is 1. The van der Waals surface area contributed by atoms with Crippen LogP contribution in [0.2, 0.25) is 0 Å². The van der Waals surface area contributed by atoms with Gasteiger partial charge in [-0.2, -0.15) is 0 Å². The number of para-hydroxylation sites is 1. The third kappa shape index (κ3) is 4.74. The zero-order valence-corrected chi connectivity index (χ0v) is 19.8. The average Bonchev–Trinajstić information content (AvgIpc) is 3.41. The van der Waals surface area contributed by atoms with E-state index < -0.39 is 5.97 Å². The first-order chi connectivity index (χ1) is 15.9. The summed E-state index contributed by atoms with van der Waals surface area (Å²) in [6.07, 6.45) is 1.82. The zero-order chi connectivity index (χ0) is 23.5. The van der Waals surface area contributed by atoms with Crippen LogP contribution in [0, 0.1) is 13.8 Å². The first-order valence-electron chi connectivity index (χ1n) is 11.0. The molecule has 9 heteroatoms. The predicted octanol–water partition coefficient (Wildman–Crippen LogP) is 3.67. The fourth-order valence-corrected chi connectivity index (χ4v) is 5.03. The Morgan fingerprint density at radius 2 is 2.09 bits per heavy atom. The van der Waals surface area contributed by atoms with Crippen molar-refractivity contribution >= 4 is 34.4 Å². The van der Waals surface area contributed by atoms with Crippen LogP contribution in [0.15, 0.2) is 34.2 Å². The number of thioether (sulfide) groups is 1. The average molecular weight is 470 g/mol. The van der Waals surface area contributed by atoms with Crippen LogP contribution in [0.1, 0.15) is 51.9 Å². The van der Waals surface area contributed by atoms with Crippen molar-refractivity contribution in [1.82, 2.24) is 14.5 Å². The first-order valence-corrected chi connectivity index (χ1v) is 12.0. The summed E-state index contributed by atoms with van der Waals surface area (Å²) in [5, 5.41) is 1.02. The Morgan fingerprint density at radius 1 is 1.30 bits per heavy atom. The molecule has 1 aliphatic rings. The van der Waals surface area contributed by atoms with Gasteiger partial charge in [-0.3, -0.25) is 14.2 Å². The highest BCUT2D eigenvalue weighted by Gasteiger charge is 2.24. The van der Waals surface area contributed by atoms with Crippen LogP contribution in [-0.4, -0.2) is 51.4 Å². The number of nitrogens with zero attached hydrogens (tertiary/aromatic N) is 2. The molecule has 1 fully saturated rings. The van der Waals surface area contributed by atoms with E-state index >= 15 is 0 Å². The molecule has 1 saturated heterocycles. The fourth-order valence-electron chi connectivity index (χ4n) is 4.15. The van der Waals surface area contributed by atoms with E-state index in [4.69, 9.17) is 9.47 Å². The molecule has 1 aromatic carbocycles. The topological polar surface area (TPSA) is 103 Å². The number of hydrogen-bond donors (Lipinski definition) is 1. The van der Waals surface area contributed by atoms with Gasteiger partial charge in [-0.05, 0) is 51.3 Å². The second-order valence-electron chi connectivity index (χ2n) is 8.02. The first kappa shape index (κ1) is 23.3. The Labute approximate surface area is 195 Å². The summed E-state index contributed by atoms with van der Waals surface area (Å²) in [6.45, 7) is 6.57. The number of ketones is 1. The molecule has 2 aromatic heterocycles. The standard InChI is InChI=1S/C24H27N3O5S/c1-4-31-23(30)20-14(2)21(25-15(20)3)19(28)13-33-24-26-18-10-6-5-9-17(18)22(29)27(24)12-16-8-7-11-32-16/h5-6,9-10,16,25H,4,7-8,11-13H2,1-3H3. The fraction of sp³-hybridized carbons (Fsp3) is 0.417. The molecule has 33 heavy (non-hydrogen) atoms. The maximum Gasteiger partial charge on any atom is 0.340 e. The molecular formula is C24H27N3O5S. The van der Waals surface area contributed by atoms with Crippen molar-refractivity contribution < 1.29 is 19.1 Å². The maximum atomic E-state index is 13.2. The summed E-state index contributed by atoms with van der Waals surface area (Å²) in [6, 6.07) is 7.21. The van der Waals surface area contributed by atoms with Gasteiger partial charge in [0.1, 0.15) is 0 Å². The maximum absolute atomic E-state index is 13.2. The van der Waals surface area contributed by atoms with Crippen molar-refractivity contribution in [3.8, 4) is 0 Å². The lowest BCUT2D eigenvalue weighted by Crippen LogP contribution is -2.29. The normalized spacial score (nSPS) is 15.8. The van der Waals surface area contributed by atoms with Crippen molar-refractivity contribution in [2.45, 2.75) is 51.4 Å². The number of benzene rings is 1. The number of rotatable bonds is 8. The van der Waals surface area contributed by atoms with Crippen molar-refractivity contribution in [2.75, 3.05) is 19.0 Å². The van der Waals surface area contributed by atoms with Crippen LogP contribution >= 0.6 is 11.8 Å². The molecule has 0 saturated carbocycles. The van der Waals surface area contributed by atoms with E-state index in [9.17, 15) is 14.4 Å². The summed E-state index contributed by atoms with van der Waals surface area (Å²) in [5.41, 5.74) is 2.39. The number of hydrogen-bond acceptors (Lipinski definition) is 7. The van der Waals surface area contributed by atoms with E-state index in [1.54, 1.807) is 37.5 Å². The molecule has 0 radical (unpaired) electrons. The lowest BCUT2D eigenvalue weighted by atomic mass is 10.1. The smallest absolute Gasteiger partial charge is 0.340 e. The van der Waals surface area contributed by atoms with E-state index in [2.05, 4.69) is 9.97 Å². The number of H-pyrrole nitrogens is 1. The number of nitrogens with one attached hydrogen (secondary N) is 1. The number of aromatic nitrogens is 3. The van der Waals surface area contributed by atoms with Crippen LogP contribution < -0.4 is 5.56 Å². The molecular weight excluding hydrogens is 442 g/mol.